The summed E-state index contributed by atoms with van der Waals surface area (Å²) in [6, 6.07) is 10.7. The molecule has 168 valence electrons. The second-order valence-electron chi connectivity index (χ2n) is 6.93. The molecule has 9 nitrogen and oxygen atoms in total. The summed E-state index contributed by atoms with van der Waals surface area (Å²) in [5.74, 6) is 0.242. The van der Waals surface area contributed by atoms with E-state index >= 15 is 0 Å². The zero-order valence-electron chi connectivity index (χ0n) is 17.9. The van der Waals surface area contributed by atoms with Crippen molar-refractivity contribution in [3.05, 3.63) is 58.4 Å². The van der Waals surface area contributed by atoms with Gasteiger partial charge in [0.1, 0.15) is 11.5 Å². The number of rotatable bonds is 9. The summed E-state index contributed by atoms with van der Waals surface area (Å²) < 4.78 is 15.8. The zero-order valence-corrected chi connectivity index (χ0v) is 18.7. The molecular weight excluding hydrogens is 436 g/mol. The highest BCUT2D eigenvalue weighted by Gasteiger charge is 2.18. The summed E-state index contributed by atoms with van der Waals surface area (Å²) in [5.41, 5.74) is 2.58. The van der Waals surface area contributed by atoms with Crippen molar-refractivity contribution in [1.82, 2.24) is 20.8 Å². The summed E-state index contributed by atoms with van der Waals surface area (Å²) in [6.07, 6.45) is 0. The average Bonchev–Trinajstić information content (AvgIpc) is 3.26. The third kappa shape index (κ3) is 5.98. The van der Waals surface area contributed by atoms with Crippen molar-refractivity contribution in [1.29, 1.82) is 0 Å². The molecule has 10 heteroatoms. The van der Waals surface area contributed by atoms with Crippen molar-refractivity contribution in [3.8, 4) is 22.9 Å². The number of hydrogen-bond donors (Lipinski definition) is 2. The molecule has 0 aliphatic carbocycles. The van der Waals surface area contributed by atoms with Crippen LogP contribution >= 0.6 is 11.6 Å². The minimum absolute atomic E-state index is 0.119. The molecule has 0 fully saturated rings. The quantitative estimate of drug-likeness (QED) is 0.473. The Hall–Kier alpha value is -3.59. The van der Waals surface area contributed by atoms with Gasteiger partial charge in [-0.15, -0.1) is 0 Å². The topological polar surface area (TPSA) is 116 Å². The fraction of sp³-hybridized carbons (Fsp3) is 0.273. The maximum Gasteiger partial charge on any atom is 0.316 e. The highest BCUT2D eigenvalue weighted by atomic mass is 35.5. The van der Waals surface area contributed by atoms with Crippen LogP contribution in [0.15, 0.2) is 40.9 Å². The first kappa shape index (κ1) is 23.1. The number of benzene rings is 2. The smallest absolute Gasteiger partial charge is 0.316 e. The molecule has 3 aromatic rings. The molecule has 32 heavy (non-hydrogen) atoms. The van der Waals surface area contributed by atoms with Gasteiger partial charge in [0.25, 0.3) is 5.91 Å². The first-order valence-electron chi connectivity index (χ1n) is 9.80. The van der Waals surface area contributed by atoms with E-state index in [0.29, 0.717) is 22.1 Å². The van der Waals surface area contributed by atoms with Gasteiger partial charge in [-0.3, -0.25) is 9.59 Å². The lowest BCUT2D eigenvalue weighted by Crippen LogP contribution is -2.36. The number of methoxy groups -OCH3 is 1. The van der Waals surface area contributed by atoms with E-state index in [9.17, 15) is 9.59 Å². The molecule has 0 saturated heterocycles. The number of carbonyl (C=O) groups excluding carboxylic acids is 2. The van der Waals surface area contributed by atoms with Crippen LogP contribution in [0.4, 0.5) is 0 Å². The van der Waals surface area contributed by atoms with Crippen LogP contribution in [0.1, 0.15) is 21.8 Å². The van der Waals surface area contributed by atoms with Crippen LogP contribution in [0, 0.1) is 13.8 Å². The number of ether oxygens (including phenoxy) is 2. The summed E-state index contributed by atoms with van der Waals surface area (Å²) in [5, 5.41) is 9.54. The molecule has 0 radical (unpaired) electrons. The van der Waals surface area contributed by atoms with Gasteiger partial charge in [0.05, 0.1) is 12.7 Å². The van der Waals surface area contributed by atoms with E-state index in [1.807, 2.05) is 32.0 Å². The highest BCUT2D eigenvalue weighted by molar-refractivity contribution is 6.30. The fourth-order valence-electron chi connectivity index (χ4n) is 2.89. The fourth-order valence-corrected chi connectivity index (χ4v) is 3.06. The van der Waals surface area contributed by atoms with Crippen LogP contribution in [0.25, 0.3) is 11.4 Å². The largest absolute Gasteiger partial charge is 0.496 e. The lowest BCUT2D eigenvalue weighted by atomic mass is 10.1. The summed E-state index contributed by atoms with van der Waals surface area (Å²) in [7, 11) is 1.50. The van der Waals surface area contributed by atoms with Crippen LogP contribution < -0.4 is 20.1 Å². The summed E-state index contributed by atoms with van der Waals surface area (Å²) in [6.45, 7) is 4.17. The SMILES string of the molecule is COc1ccc(Cl)cc1-c1noc(C(=O)NCCNC(=O)COc2ccc(C)cc2C)n1. The minimum Gasteiger partial charge on any atom is -0.496 e. The normalized spacial score (nSPS) is 10.5. The molecule has 3 rings (SSSR count). The van der Waals surface area contributed by atoms with Gasteiger partial charge in [-0.1, -0.05) is 34.5 Å². The summed E-state index contributed by atoms with van der Waals surface area (Å²) >= 11 is 6.01. The van der Waals surface area contributed by atoms with Gasteiger partial charge in [0.2, 0.25) is 5.82 Å². The van der Waals surface area contributed by atoms with Crippen molar-refractivity contribution in [2.75, 3.05) is 26.8 Å². The Labute approximate surface area is 190 Å². The van der Waals surface area contributed by atoms with E-state index in [-0.39, 0.29) is 37.3 Å². The van der Waals surface area contributed by atoms with Crippen LogP contribution in [0.5, 0.6) is 11.5 Å². The molecule has 2 N–H and O–H groups in total. The molecule has 2 amide bonds. The lowest BCUT2D eigenvalue weighted by Gasteiger charge is -2.10. The molecular formula is C22H23ClN4O5. The van der Waals surface area contributed by atoms with Crippen molar-refractivity contribution < 1.29 is 23.6 Å². The Balaban J connectivity index is 1.44. The van der Waals surface area contributed by atoms with Gasteiger partial charge in [0, 0.05) is 18.1 Å². The van der Waals surface area contributed by atoms with E-state index < -0.39 is 5.91 Å². The van der Waals surface area contributed by atoms with Crippen LogP contribution in [-0.4, -0.2) is 48.8 Å². The van der Waals surface area contributed by atoms with Gasteiger partial charge in [-0.25, -0.2) is 0 Å². The maximum atomic E-state index is 12.2. The molecule has 0 unspecified atom stereocenters. The van der Waals surface area contributed by atoms with E-state index in [1.54, 1.807) is 18.2 Å². The Morgan fingerprint density at radius 2 is 1.81 bits per heavy atom. The molecule has 1 aromatic heterocycles. The predicted octanol–water partition coefficient (Wildman–Crippen LogP) is 2.94. The first-order valence-corrected chi connectivity index (χ1v) is 10.2. The molecule has 2 aromatic carbocycles. The van der Waals surface area contributed by atoms with Gasteiger partial charge in [0.15, 0.2) is 6.61 Å². The average molecular weight is 459 g/mol. The van der Waals surface area contributed by atoms with Crippen molar-refractivity contribution >= 4 is 23.4 Å². The van der Waals surface area contributed by atoms with Gasteiger partial charge < -0.3 is 24.6 Å². The lowest BCUT2D eigenvalue weighted by molar-refractivity contribution is -0.123. The Kier molecular flexibility index (Phi) is 7.67. The summed E-state index contributed by atoms with van der Waals surface area (Å²) in [4.78, 5) is 28.3. The first-order chi connectivity index (χ1) is 15.4. The Morgan fingerprint density at radius 3 is 2.56 bits per heavy atom. The van der Waals surface area contributed by atoms with Gasteiger partial charge in [-0.05, 0) is 43.7 Å². The number of nitrogens with zero attached hydrogens (tertiary/aromatic N) is 2. The van der Waals surface area contributed by atoms with Gasteiger partial charge >= 0.3 is 11.8 Å². The predicted molar refractivity (Wildman–Crippen MR) is 118 cm³/mol. The molecule has 0 bridgehead atoms. The van der Waals surface area contributed by atoms with Crippen LogP contribution in [0.3, 0.4) is 0 Å². The molecule has 1 heterocycles. The van der Waals surface area contributed by atoms with E-state index in [0.717, 1.165) is 11.1 Å². The molecule has 0 aliphatic rings. The van der Waals surface area contributed by atoms with E-state index in [2.05, 4.69) is 20.8 Å². The van der Waals surface area contributed by atoms with Gasteiger partial charge in [-0.2, -0.15) is 4.98 Å². The van der Waals surface area contributed by atoms with Crippen LogP contribution in [0.2, 0.25) is 5.02 Å². The molecule has 0 aliphatic heterocycles. The second-order valence-corrected chi connectivity index (χ2v) is 7.37. The number of aryl methyl sites for hydroxylation is 2. The standard InChI is InChI=1S/C22H23ClN4O5/c1-13-4-6-17(14(2)10-13)31-12-19(28)24-8-9-25-21(29)22-26-20(27-32-22)16-11-15(23)5-7-18(16)30-3/h4-7,10-11H,8-9,12H2,1-3H3,(H,24,28)(H,25,29). The maximum absolute atomic E-state index is 12.2. The number of nitrogens with one attached hydrogen (secondary N) is 2. The minimum atomic E-state index is -0.564. The Morgan fingerprint density at radius 1 is 1.06 bits per heavy atom. The Bertz CT molecular complexity index is 1120. The van der Waals surface area contributed by atoms with E-state index in [1.165, 1.54) is 7.11 Å². The van der Waals surface area contributed by atoms with Crippen LogP contribution in [-0.2, 0) is 4.79 Å². The second kappa shape index (κ2) is 10.6. The number of carbonyl (C=O) groups is 2. The highest BCUT2D eigenvalue weighted by Crippen LogP contribution is 2.30. The monoisotopic (exact) mass is 458 g/mol. The number of aromatic nitrogens is 2. The third-order valence-electron chi connectivity index (χ3n) is 4.44. The number of amides is 2. The molecule has 0 atom stereocenters. The molecule has 0 spiro atoms. The molecule has 0 saturated carbocycles. The zero-order chi connectivity index (χ0) is 23.1. The number of hydrogen-bond acceptors (Lipinski definition) is 7. The van der Waals surface area contributed by atoms with Crippen molar-refractivity contribution in [3.63, 3.8) is 0 Å². The van der Waals surface area contributed by atoms with E-state index in [4.69, 9.17) is 25.6 Å². The third-order valence-corrected chi connectivity index (χ3v) is 4.68. The van der Waals surface area contributed by atoms with Crippen molar-refractivity contribution in [2.45, 2.75) is 13.8 Å². The number of halogens is 1. The van der Waals surface area contributed by atoms with Crippen molar-refractivity contribution in [2.24, 2.45) is 0 Å².